The molecule has 0 N–H and O–H groups in total. The van der Waals surface area contributed by atoms with Gasteiger partial charge in [0.05, 0.1) is 5.92 Å². The largest absolute Gasteiger partial charge is 0.342 e. The van der Waals surface area contributed by atoms with Gasteiger partial charge in [-0.25, -0.2) is 0 Å². The van der Waals surface area contributed by atoms with Crippen LogP contribution >= 0.6 is 0 Å². The van der Waals surface area contributed by atoms with Gasteiger partial charge in [-0.05, 0) is 43.9 Å². The highest BCUT2D eigenvalue weighted by Gasteiger charge is 2.54. The first kappa shape index (κ1) is 15.9. The summed E-state index contributed by atoms with van der Waals surface area (Å²) in [4.78, 5) is 28.5. The maximum absolute atomic E-state index is 13.3. The quantitative estimate of drug-likeness (QED) is 0.790. The van der Waals surface area contributed by atoms with Crippen molar-refractivity contribution in [3.63, 3.8) is 0 Å². The van der Waals surface area contributed by atoms with Gasteiger partial charge in [0.15, 0.2) is 5.78 Å². The molecule has 0 spiro atoms. The van der Waals surface area contributed by atoms with E-state index in [4.69, 9.17) is 0 Å². The van der Waals surface area contributed by atoms with E-state index in [0.29, 0.717) is 11.8 Å². The lowest BCUT2D eigenvalue weighted by molar-refractivity contribution is -0.138. The van der Waals surface area contributed by atoms with E-state index in [9.17, 15) is 9.59 Å². The smallest absolute Gasteiger partial charge is 0.226 e. The number of benzene rings is 1. The van der Waals surface area contributed by atoms with Crippen LogP contribution in [-0.2, 0) is 4.79 Å². The van der Waals surface area contributed by atoms with Crippen LogP contribution in [0.1, 0.15) is 55.3 Å². The molecular weight excluding hydrogens is 298 g/mol. The Labute approximate surface area is 144 Å². The van der Waals surface area contributed by atoms with Gasteiger partial charge >= 0.3 is 0 Å². The minimum atomic E-state index is -0.0816. The van der Waals surface area contributed by atoms with Crippen LogP contribution in [0.25, 0.3) is 0 Å². The molecule has 1 aromatic rings. The van der Waals surface area contributed by atoms with Crippen LogP contribution in [0.4, 0.5) is 0 Å². The van der Waals surface area contributed by atoms with E-state index in [1.165, 1.54) is 12.8 Å². The Morgan fingerprint density at radius 1 is 0.833 bits per heavy atom. The molecule has 1 aromatic carbocycles. The molecule has 2 aliphatic carbocycles. The summed E-state index contributed by atoms with van der Waals surface area (Å²) in [5.74, 6) is 1.19. The molecule has 3 heteroatoms. The van der Waals surface area contributed by atoms with Crippen molar-refractivity contribution in [2.24, 2.45) is 23.7 Å². The Morgan fingerprint density at radius 2 is 1.46 bits per heavy atom. The number of ketones is 1. The molecule has 24 heavy (non-hydrogen) atoms. The Morgan fingerprint density at radius 3 is 2.12 bits per heavy atom. The first-order chi connectivity index (χ1) is 11.8. The minimum Gasteiger partial charge on any atom is -0.342 e. The maximum Gasteiger partial charge on any atom is 0.226 e. The zero-order valence-corrected chi connectivity index (χ0v) is 14.3. The van der Waals surface area contributed by atoms with Crippen LogP contribution in [0.5, 0.6) is 0 Å². The lowest BCUT2D eigenvalue weighted by atomic mass is 9.74. The van der Waals surface area contributed by atoms with E-state index in [1.54, 1.807) is 0 Å². The second kappa shape index (κ2) is 6.70. The molecule has 1 heterocycles. The van der Waals surface area contributed by atoms with Gasteiger partial charge in [-0.15, -0.1) is 0 Å². The average Bonchev–Trinajstić information content (AvgIpc) is 3.13. The van der Waals surface area contributed by atoms with Crippen molar-refractivity contribution in [3.8, 4) is 0 Å². The lowest BCUT2D eigenvalue weighted by Gasteiger charge is -2.33. The Balaban J connectivity index is 1.58. The molecule has 1 saturated heterocycles. The van der Waals surface area contributed by atoms with Gasteiger partial charge in [-0.2, -0.15) is 0 Å². The molecule has 4 rings (SSSR count). The van der Waals surface area contributed by atoms with Gasteiger partial charge in [0.25, 0.3) is 0 Å². The summed E-state index contributed by atoms with van der Waals surface area (Å²) in [6.07, 6.45) is 8.02. The number of carbonyl (C=O) groups is 2. The first-order valence-electron chi connectivity index (χ1n) is 9.64. The topological polar surface area (TPSA) is 37.4 Å². The van der Waals surface area contributed by atoms with Crippen molar-refractivity contribution in [2.45, 2.75) is 44.9 Å². The maximum atomic E-state index is 13.3. The average molecular weight is 325 g/mol. The molecule has 1 aliphatic heterocycles. The molecule has 3 aliphatic rings. The van der Waals surface area contributed by atoms with E-state index in [1.807, 2.05) is 30.3 Å². The Hall–Kier alpha value is -1.64. The molecule has 3 nitrogen and oxygen atoms in total. The van der Waals surface area contributed by atoms with E-state index in [-0.39, 0.29) is 23.5 Å². The zero-order valence-electron chi connectivity index (χ0n) is 14.3. The molecule has 2 saturated carbocycles. The van der Waals surface area contributed by atoms with Gasteiger partial charge in [0.2, 0.25) is 5.91 Å². The van der Waals surface area contributed by atoms with Crippen molar-refractivity contribution < 1.29 is 9.59 Å². The monoisotopic (exact) mass is 325 g/mol. The van der Waals surface area contributed by atoms with Crippen molar-refractivity contribution in [2.75, 3.05) is 13.1 Å². The summed E-state index contributed by atoms with van der Waals surface area (Å²) in [6.45, 7) is 1.78. The third kappa shape index (κ3) is 2.78. The minimum absolute atomic E-state index is 0.0606. The number of likely N-dealkylation sites (tertiary alicyclic amines) is 1. The summed E-state index contributed by atoms with van der Waals surface area (Å²) >= 11 is 0. The predicted molar refractivity (Wildman–Crippen MR) is 93.6 cm³/mol. The number of Topliss-reactive ketones (excluding diaryl/α,β-unsaturated/α-hetero) is 1. The number of fused-ring (bicyclic) bond motifs is 2. The highest BCUT2D eigenvalue weighted by molar-refractivity contribution is 6.01. The van der Waals surface area contributed by atoms with Crippen molar-refractivity contribution in [1.29, 1.82) is 0 Å². The third-order valence-corrected chi connectivity index (χ3v) is 6.48. The van der Waals surface area contributed by atoms with Gasteiger partial charge in [0.1, 0.15) is 0 Å². The summed E-state index contributed by atoms with van der Waals surface area (Å²) < 4.78 is 0. The van der Waals surface area contributed by atoms with Gasteiger partial charge < -0.3 is 4.90 Å². The van der Waals surface area contributed by atoms with Gasteiger partial charge in [-0.3, -0.25) is 9.59 Å². The van der Waals surface area contributed by atoms with E-state index in [0.717, 1.165) is 50.8 Å². The summed E-state index contributed by atoms with van der Waals surface area (Å²) in [6, 6.07) is 9.60. The van der Waals surface area contributed by atoms with Crippen molar-refractivity contribution in [1.82, 2.24) is 4.90 Å². The highest BCUT2D eigenvalue weighted by Crippen LogP contribution is 2.53. The summed E-state index contributed by atoms with van der Waals surface area (Å²) in [5, 5.41) is 0. The van der Waals surface area contributed by atoms with Crippen LogP contribution in [0, 0.1) is 23.7 Å². The first-order valence-corrected chi connectivity index (χ1v) is 9.64. The number of rotatable bonds is 3. The molecule has 4 atom stereocenters. The predicted octanol–water partition coefficient (Wildman–Crippen LogP) is 3.93. The molecule has 0 radical (unpaired) electrons. The van der Waals surface area contributed by atoms with E-state index < -0.39 is 0 Å². The van der Waals surface area contributed by atoms with Crippen LogP contribution in [0.3, 0.4) is 0 Å². The highest BCUT2D eigenvalue weighted by atomic mass is 16.2. The number of hydrogen-bond acceptors (Lipinski definition) is 2. The molecular formula is C21H27NO2. The number of nitrogens with zero attached hydrogens (tertiary/aromatic N) is 1. The number of carbonyl (C=O) groups excluding carboxylic acids is 2. The number of hydrogen-bond donors (Lipinski definition) is 0. The molecule has 128 valence electrons. The van der Waals surface area contributed by atoms with Crippen LogP contribution in [0.15, 0.2) is 30.3 Å². The zero-order chi connectivity index (χ0) is 16.5. The molecule has 1 amide bonds. The fourth-order valence-corrected chi connectivity index (χ4v) is 5.32. The molecule has 2 bridgehead atoms. The van der Waals surface area contributed by atoms with Crippen LogP contribution in [-0.4, -0.2) is 29.7 Å². The molecule has 3 fully saturated rings. The normalized spacial score (nSPS) is 32.6. The fraction of sp³-hybridized carbons (Fsp3) is 0.619. The Bertz CT molecular complexity index is 604. The third-order valence-electron chi connectivity index (χ3n) is 6.48. The second-order valence-corrected chi connectivity index (χ2v) is 7.85. The van der Waals surface area contributed by atoms with Crippen molar-refractivity contribution in [3.05, 3.63) is 35.9 Å². The molecule has 0 aromatic heterocycles. The van der Waals surface area contributed by atoms with Gasteiger partial charge in [-0.1, -0.05) is 43.2 Å². The summed E-state index contributed by atoms with van der Waals surface area (Å²) in [7, 11) is 0. The van der Waals surface area contributed by atoms with Crippen LogP contribution in [0.2, 0.25) is 0 Å². The van der Waals surface area contributed by atoms with E-state index >= 15 is 0 Å². The number of amides is 1. The Kier molecular flexibility index (Phi) is 4.43. The van der Waals surface area contributed by atoms with Gasteiger partial charge in [0, 0.05) is 24.6 Å². The lowest BCUT2D eigenvalue weighted by Crippen LogP contribution is -2.44. The summed E-state index contributed by atoms with van der Waals surface area (Å²) in [5.41, 5.74) is 0.781. The SMILES string of the molecule is O=C(c1ccccc1)[C@@H]1[C@H]2CC[C@@H](C2)[C@H]1C(=O)N1CCCCCC1. The standard InChI is InChI=1S/C21H27NO2/c23-20(15-8-4-3-5-9-15)18-16-10-11-17(14-16)19(18)21(24)22-12-6-1-2-7-13-22/h3-5,8-9,16-19H,1-2,6-7,10-14H2/t16-,17-,18+,19+/m0/s1. The van der Waals surface area contributed by atoms with Crippen LogP contribution < -0.4 is 0 Å². The van der Waals surface area contributed by atoms with Crippen molar-refractivity contribution >= 4 is 11.7 Å². The second-order valence-electron chi connectivity index (χ2n) is 7.85. The fourth-order valence-electron chi connectivity index (χ4n) is 5.32. The molecule has 0 unspecified atom stereocenters. The van der Waals surface area contributed by atoms with E-state index in [2.05, 4.69) is 4.90 Å².